The second-order valence-corrected chi connectivity index (χ2v) is 7.07. The van der Waals surface area contributed by atoms with E-state index in [2.05, 4.69) is 5.10 Å². The number of hydrogen-bond donors (Lipinski definition) is 1. The van der Waals surface area contributed by atoms with Crippen molar-refractivity contribution >= 4 is 29.2 Å². The molecule has 6 nitrogen and oxygen atoms in total. The molecule has 1 aliphatic rings. The van der Waals surface area contributed by atoms with Crippen molar-refractivity contribution in [2.75, 3.05) is 7.11 Å². The molecular weight excluding hydrogens is 380 g/mol. The number of carboxylic acids is 1. The lowest BCUT2D eigenvalue weighted by Crippen LogP contribution is -2.27. The third kappa shape index (κ3) is 4.34. The van der Waals surface area contributed by atoms with Crippen LogP contribution in [0.4, 0.5) is 0 Å². The van der Waals surface area contributed by atoms with Gasteiger partial charge in [0.05, 0.1) is 25.3 Å². The molecule has 0 spiro atoms. The van der Waals surface area contributed by atoms with Crippen molar-refractivity contribution in [1.82, 2.24) is 5.01 Å². The van der Waals surface area contributed by atoms with Crippen molar-refractivity contribution in [3.05, 3.63) is 64.2 Å². The fraction of sp³-hybridized carbons (Fsp3) is 0.286. The Labute approximate surface area is 168 Å². The van der Waals surface area contributed by atoms with Crippen LogP contribution in [0.25, 0.3) is 0 Å². The third-order valence-electron chi connectivity index (χ3n) is 4.70. The summed E-state index contributed by atoms with van der Waals surface area (Å²) >= 11 is 5.97. The Morgan fingerprint density at radius 3 is 2.54 bits per heavy atom. The van der Waals surface area contributed by atoms with E-state index in [0.29, 0.717) is 11.4 Å². The lowest BCUT2D eigenvalue weighted by atomic mass is 9.97. The van der Waals surface area contributed by atoms with Crippen molar-refractivity contribution < 1.29 is 19.4 Å². The Morgan fingerprint density at radius 1 is 1.21 bits per heavy atom. The molecule has 7 heteroatoms. The average Bonchev–Trinajstić information content (AvgIpc) is 3.12. The van der Waals surface area contributed by atoms with E-state index in [1.54, 1.807) is 19.2 Å². The topological polar surface area (TPSA) is 79.2 Å². The zero-order valence-electron chi connectivity index (χ0n) is 15.7. The summed E-state index contributed by atoms with van der Waals surface area (Å²) in [5.41, 5.74) is 3.53. The van der Waals surface area contributed by atoms with Gasteiger partial charge in [0.2, 0.25) is 5.91 Å². The molecule has 1 N–H and O–H groups in total. The first-order chi connectivity index (χ1) is 13.4. The number of aliphatic carboxylic acids is 1. The van der Waals surface area contributed by atoms with Crippen molar-refractivity contribution in [1.29, 1.82) is 0 Å². The first-order valence-corrected chi connectivity index (χ1v) is 9.28. The van der Waals surface area contributed by atoms with Crippen LogP contribution in [0.1, 0.15) is 42.0 Å². The molecule has 1 atom stereocenters. The number of methoxy groups -OCH3 is 1. The van der Waals surface area contributed by atoms with Gasteiger partial charge >= 0.3 is 5.97 Å². The van der Waals surface area contributed by atoms with Gasteiger partial charge in [-0.3, -0.25) is 9.59 Å². The molecule has 0 bridgehead atoms. The highest BCUT2D eigenvalue weighted by molar-refractivity contribution is 6.30. The largest absolute Gasteiger partial charge is 0.496 e. The second-order valence-electron chi connectivity index (χ2n) is 6.63. The van der Waals surface area contributed by atoms with Crippen molar-refractivity contribution in [2.45, 2.75) is 32.2 Å². The maximum atomic E-state index is 12.7. The minimum Gasteiger partial charge on any atom is -0.496 e. The van der Waals surface area contributed by atoms with Crippen LogP contribution in [0.3, 0.4) is 0 Å². The SMILES string of the molecule is COc1ccc(C2CC(c3ccc(Cl)cc3)=NN2C(=O)CCC(=O)O)cc1C. The summed E-state index contributed by atoms with van der Waals surface area (Å²) in [6.07, 6.45) is 0.208. The number of benzene rings is 2. The molecule has 0 aromatic heterocycles. The summed E-state index contributed by atoms with van der Waals surface area (Å²) < 4.78 is 5.32. The van der Waals surface area contributed by atoms with Crippen LogP contribution >= 0.6 is 11.6 Å². The van der Waals surface area contributed by atoms with Crippen LogP contribution < -0.4 is 4.74 Å². The van der Waals surface area contributed by atoms with Gasteiger partial charge in [0.15, 0.2) is 0 Å². The number of carboxylic acid groups (broad SMARTS) is 1. The number of hydrogen-bond acceptors (Lipinski definition) is 4. The minimum absolute atomic E-state index is 0.0988. The number of nitrogens with zero attached hydrogens (tertiary/aromatic N) is 2. The molecule has 0 fully saturated rings. The lowest BCUT2D eigenvalue weighted by molar-refractivity contribution is -0.141. The van der Waals surface area contributed by atoms with Gasteiger partial charge < -0.3 is 9.84 Å². The van der Waals surface area contributed by atoms with Gasteiger partial charge in [-0.2, -0.15) is 5.10 Å². The molecule has 1 amide bonds. The maximum absolute atomic E-state index is 12.7. The first kappa shape index (κ1) is 19.9. The number of ether oxygens (including phenoxy) is 1. The maximum Gasteiger partial charge on any atom is 0.303 e. The molecule has 1 unspecified atom stereocenters. The normalized spacial score (nSPS) is 16.0. The zero-order valence-corrected chi connectivity index (χ0v) is 16.4. The van der Waals surface area contributed by atoms with Gasteiger partial charge in [-0.15, -0.1) is 0 Å². The van der Waals surface area contributed by atoms with Crippen LogP contribution in [0.5, 0.6) is 5.75 Å². The molecule has 2 aromatic rings. The smallest absolute Gasteiger partial charge is 0.303 e. The summed E-state index contributed by atoms with van der Waals surface area (Å²) in [7, 11) is 1.61. The monoisotopic (exact) mass is 400 g/mol. The Bertz CT molecular complexity index is 925. The fourth-order valence-corrected chi connectivity index (χ4v) is 3.38. The van der Waals surface area contributed by atoms with E-state index in [-0.39, 0.29) is 24.8 Å². The highest BCUT2D eigenvalue weighted by atomic mass is 35.5. The Morgan fingerprint density at radius 2 is 1.93 bits per heavy atom. The van der Waals surface area contributed by atoms with Crippen LogP contribution in [-0.2, 0) is 9.59 Å². The first-order valence-electron chi connectivity index (χ1n) is 8.91. The Balaban J connectivity index is 1.93. The molecule has 0 saturated carbocycles. The Hall–Kier alpha value is -2.86. The Kier molecular flexibility index (Phi) is 5.99. The van der Waals surface area contributed by atoms with E-state index < -0.39 is 5.97 Å². The number of hydrazone groups is 1. The standard InChI is InChI=1S/C21H21ClN2O4/c1-13-11-15(5-8-19(13)28-2)18-12-17(14-3-6-16(22)7-4-14)23-24(18)20(25)9-10-21(26)27/h3-8,11,18H,9-10,12H2,1-2H3,(H,26,27). The quantitative estimate of drug-likeness (QED) is 0.788. The fourth-order valence-electron chi connectivity index (χ4n) is 3.25. The predicted molar refractivity (Wildman–Crippen MR) is 107 cm³/mol. The van der Waals surface area contributed by atoms with Crippen LogP contribution in [-0.4, -0.2) is 34.8 Å². The number of carbonyl (C=O) groups excluding carboxylic acids is 1. The van der Waals surface area contributed by atoms with Gasteiger partial charge in [0.25, 0.3) is 0 Å². The molecule has 146 valence electrons. The average molecular weight is 401 g/mol. The summed E-state index contributed by atoms with van der Waals surface area (Å²) in [4.78, 5) is 23.6. The molecule has 28 heavy (non-hydrogen) atoms. The predicted octanol–water partition coefficient (Wildman–Crippen LogP) is 4.20. The number of carbonyl (C=O) groups is 2. The molecule has 1 heterocycles. The van der Waals surface area contributed by atoms with Gasteiger partial charge in [-0.05, 0) is 41.8 Å². The van der Waals surface area contributed by atoms with Crippen LogP contribution in [0, 0.1) is 6.92 Å². The molecule has 2 aromatic carbocycles. The van der Waals surface area contributed by atoms with Crippen molar-refractivity contribution in [3.8, 4) is 5.75 Å². The summed E-state index contributed by atoms with van der Waals surface area (Å²) in [6, 6.07) is 12.7. The number of amides is 1. The number of halogens is 1. The molecule has 0 saturated heterocycles. The zero-order chi connectivity index (χ0) is 20.3. The van der Waals surface area contributed by atoms with Crippen molar-refractivity contribution in [2.24, 2.45) is 5.10 Å². The van der Waals surface area contributed by atoms with Gasteiger partial charge in [-0.25, -0.2) is 5.01 Å². The number of rotatable bonds is 6. The summed E-state index contributed by atoms with van der Waals surface area (Å²) in [5, 5.41) is 15.5. The van der Waals surface area contributed by atoms with Gasteiger partial charge in [-0.1, -0.05) is 35.9 Å². The molecule has 0 aliphatic carbocycles. The molecule has 1 aliphatic heterocycles. The lowest BCUT2D eigenvalue weighted by Gasteiger charge is -2.22. The number of aryl methyl sites for hydroxylation is 1. The highest BCUT2D eigenvalue weighted by Gasteiger charge is 2.33. The molecule has 0 radical (unpaired) electrons. The summed E-state index contributed by atoms with van der Waals surface area (Å²) in [5.74, 6) is -0.555. The molecule has 3 rings (SSSR count). The third-order valence-corrected chi connectivity index (χ3v) is 4.95. The van der Waals surface area contributed by atoms with E-state index in [0.717, 1.165) is 28.2 Å². The van der Waals surface area contributed by atoms with Crippen LogP contribution in [0.15, 0.2) is 47.6 Å². The summed E-state index contributed by atoms with van der Waals surface area (Å²) in [6.45, 7) is 1.94. The van der Waals surface area contributed by atoms with E-state index in [4.69, 9.17) is 21.4 Å². The van der Waals surface area contributed by atoms with Gasteiger partial charge in [0, 0.05) is 17.9 Å². The second kappa shape index (κ2) is 8.44. The van der Waals surface area contributed by atoms with Crippen molar-refractivity contribution in [3.63, 3.8) is 0 Å². The van der Waals surface area contributed by atoms with E-state index in [1.807, 2.05) is 37.3 Å². The van der Waals surface area contributed by atoms with Gasteiger partial charge in [0.1, 0.15) is 5.75 Å². The van der Waals surface area contributed by atoms with E-state index in [1.165, 1.54) is 5.01 Å². The van der Waals surface area contributed by atoms with Crippen LogP contribution in [0.2, 0.25) is 5.02 Å². The molecular formula is C21H21ClN2O4. The van der Waals surface area contributed by atoms with E-state index in [9.17, 15) is 9.59 Å². The minimum atomic E-state index is -1.01. The van der Waals surface area contributed by atoms with E-state index >= 15 is 0 Å². The highest BCUT2D eigenvalue weighted by Crippen LogP contribution is 2.35.